The van der Waals surface area contributed by atoms with Crippen LogP contribution in [0.3, 0.4) is 0 Å². The molecule has 204 valence electrons. The Labute approximate surface area is 228 Å². The minimum Gasteiger partial charge on any atom is -0.494 e. The van der Waals surface area contributed by atoms with Gasteiger partial charge in [-0.05, 0) is 74.8 Å². The van der Waals surface area contributed by atoms with Gasteiger partial charge in [-0.25, -0.2) is 4.98 Å². The number of pyridine rings is 1. The number of methoxy groups -OCH3 is 2. The lowest BCUT2D eigenvalue weighted by Crippen LogP contribution is -2.54. The van der Waals surface area contributed by atoms with Gasteiger partial charge in [-0.3, -0.25) is 4.79 Å². The van der Waals surface area contributed by atoms with E-state index < -0.39 is 0 Å². The Kier molecular flexibility index (Phi) is 5.99. The molecule has 2 saturated heterocycles. The average molecular weight is 529 g/mol. The van der Waals surface area contributed by atoms with Crippen LogP contribution in [-0.4, -0.2) is 69.8 Å². The average Bonchev–Trinajstić information content (AvgIpc) is 3.65. The third-order valence-electron chi connectivity index (χ3n) is 8.90. The van der Waals surface area contributed by atoms with Crippen LogP contribution in [0.15, 0.2) is 30.3 Å². The summed E-state index contributed by atoms with van der Waals surface area (Å²) in [7, 11) is 5.32. The number of hydrogen-bond donors (Lipinski definition) is 1. The van der Waals surface area contributed by atoms with Crippen molar-refractivity contribution >= 4 is 28.0 Å². The van der Waals surface area contributed by atoms with Gasteiger partial charge in [0, 0.05) is 49.7 Å². The molecule has 1 amide bonds. The van der Waals surface area contributed by atoms with Crippen molar-refractivity contribution in [1.29, 1.82) is 0 Å². The second-order valence-corrected chi connectivity index (χ2v) is 11.4. The van der Waals surface area contributed by atoms with Gasteiger partial charge in [-0.15, -0.1) is 0 Å². The summed E-state index contributed by atoms with van der Waals surface area (Å²) in [6.07, 6.45) is 6.02. The van der Waals surface area contributed by atoms with Crippen molar-refractivity contribution in [2.24, 2.45) is 18.9 Å². The summed E-state index contributed by atoms with van der Waals surface area (Å²) in [4.78, 5) is 25.6. The SMILES string of the molecule is COc1ccc2cc(-c3nc4cc(C(=O)N5CC[C@H]6CCCN[C@H]6C5)cc(OC)c4n3C)n(CC3CC3)c2n1. The second-order valence-electron chi connectivity index (χ2n) is 11.4. The van der Waals surface area contributed by atoms with Gasteiger partial charge in [0.15, 0.2) is 5.82 Å². The molecule has 3 aromatic heterocycles. The Balaban J connectivity index is 1.29. The minimum absolute atomic E-state index is 0.0485. The molecule has 9 heteroatoms. The zero-order valence-corrected chi connectivity index (χ0v) is 22.9. The first-order chi connectivity index (χ1) is 19.0. The highest BCUT2D eigenvalue weighted by Gasteiger charge is 2.34. The number of ether oxygens (including phenoxy) is 2. The molecule has 7 rings (SSSR count). The van der Waals surface area contributed by atoms with E-state index in [0.29, 0.717) is 35.1 Å². The lowest BCUT2D eigenvalue weighted by Gasteiger charge is -2.41. The number of piperidine rings is 2. The van der Waals surface area contributed by atoms with E-state index in [1.807, 2.05) is 30.1 Å². The summed E-state index contributed by atoms with van der Waals surface area (Å²) in [5, 5.41) is 4.69. The molecule has 3 fully saturated rings. The molecule has 0 bridgehead atoms. The van der Waals surface area contributed by atoms with Crippen molar-refractivity contribution in [3.63, 3.8) is 0 Å². The fraction of sp³-hybridized carbons (Fsp3) is 0.500. The summed E-state index contributed by atoms with van der Waals surface area (Å²) in [5.74, 6) is 3.47. The molecule has 1 aromatic carbocycles. The van der Waals surface area contributed by atoms with Gasteiger partial charge in [0.1, 0.15) is 16.9 Å². The first kappa shape index (κ1) is 24.5. The molecule has 0 spiro atoms. The highest BCUT2D eigenvalue weighted by Crippen LogP contribution is 2.38. The van der Waals surface area contributed by atoms with Crippen LogP contribution in [0.2, 0.25) is 0 Å². The number of hydrogen-bond acceptors (Lipinski definition) is 6. The monoisotopic (exact) mass is 528 g/mol. The first-order valence-corrected chi connectivity index (χ1v) is 14.2. The van der Waals surface area contributed by atoms with E-state index in [1.165, 1.54) is 25.7 Å². The molecule has 2 aliphatic heterocycles. The molecular weight excluding hydrogens is 492 g/mol. The number of benzene rings is 1. The lowest BCUT2D eigenvalue weighted by atomic mass is 9.85. The zero-order valence-electron chi connectivity index (χ0n) is 22.9. The van der Waals surface area contributed by atoms with E-state index in [9.17, 15) is 4.79 Å². The predicted molar refractivity (Wildman–Crippen MR) is 150 cm³/mol. The lowest BCUT2D eigenvalue weighted by molar-refractivity contribution is 0.0602. The highest BCUT2D eigenvalue weighted by molar-refractivity contribution is 6.00. The number of aryl methyl sites for hydroxylation is 1. The van der Waals surface area contributed by atoms with Crippen molar-refractivity contribution in [3.05, 3.63) is 35.9 Å². The molecular formula is C30H36N6O3. The third-order valence-corrected chi connectivity index (χ3v) is 8.90. The number of carbonyl (C=O) groups is 1. The summed E-state index contributed by atoms with van der Waals surface area (Å²) in [6, 6.07) is 10.3. The molecule has 1 aliphatic carbocycles. The molecule has 9 nitrogen and oxygen atoms in total. The largest absolute Gasteiger partial charge is 0.494 e. The van der Waals surface area contributed by atoms with E-state index in [2.05, 4.69) is 26.6 Å². The number of carbonyl (C=O) groups excluding carboxylic acids is 1. The maximum atomic E-state index is 13.7. The molecule has 1 saturated carbocycles. The van der Waals surface area contributed by atoms with Gasteiger partial charge in [-0.2, -0.15) is 4.98 Å². The Bertz CT molecular complexity index is 1570. The van der Waals surface area contributed by atoms with Crippen molar-refractivity contribution in [2.75, 3.05) is 33.9 Å². The van der Waals surface area contributed by atoms with Crippen LogP contribution in [0.25, 0.3) is 33.6 Å². The van der Waals surface area contributed by atoms with Crippen molar-refractivity contribution < 1.29 is 14.3 Å². The van der Waals surface area contributed by atoms with Crippen molar-refractivity contribution in [3.8, 4) is 23.1 Å². The van der Waals surface area contributed by atoms with Crippen LogP contribution in [0.5, 0.6) is 11.6 Å². The predicted octanol–water partition coefficient (Wildman–Crippen LogP) is 4.23. The quantitative estimate of drug-likeness (QED) is 0.403. The van der Waals surface area contributed by atoms with Crippen LogP contribution in [0.1, 0.15) is 42.5 Å². The van der Waals surface area contributed by atoms with Crippen LogP contribution < -0.4 is 14.8 Å². The molecule has 3 aliphatic rings. The highest BCUT2D eigenvalue weighted by atomic mass is 16.5. The smallest absolute Gasteiger partial charge is 0.254 e. The summed E-state index contributed by atoms with van der Waals surface area (Å²) < 4.78 is 15.6. The van der Waals surface area contributed by atoms with E-state index in [0.717, 1.165) is 66.2 Å². The number of imidazole rings is 1. The fourth-order valence-electron chi connectivity index (χ4n) is 6.57. The van der Waals surface area contributed by atoms with Crippen LogP contribution in [0.4, 0.5) is 0 Å². The maximum absolute atomic E-state index is 13.7. The van der Waals surface area contributed by atoms with Gasteiger partial charge in [0.05, 0.1) is 25.4 Å². The number of rotatable bonds is 6. The number of amides is 1. The van der Waals surface area contributed by atoms with Gasteiger partial charge < -0.3 is 28.8 Å². The van der Waals surface area contributed by atoms with Gasteiger partial charge >= 0.3 is 0 Å². The van der Waals surface area contributed by atoms with E-state index >= 15 is 0 Å². The first-order valence-electron chi connectivity index (χ1n) is 14.2. The van der Waals surface area contributed by atoms with E-state index in [4.69, 9.17) is 19.4 Å². The van der Waals surface area contributed by atoms with Gasteiger partial charge in [0.2, 0.25) is 5.88 Å². The maximum Gasteiger partial charge on any atom is 0.254 e. The molecule has 0 unspecified atom stereocenters. The van der Waals surface area contributed by atoms with Crippen molar-refractivity contribution in [2.45, 2.75) is 44.7 Å². The van der Waals surface area contributed by atoms with Gasteiger partial charge in [0.25, 0.3) is 5.91 Å². The van der Waals surface area contributed by atoms with E-state index in [1.54, 1.807) is 14.2 Å². The summed E-state index contributed by atoms with van der Waals surface area (Å²) in [5.41, 5.74) is 4.19. The van der Waals surface area contributed by atoms with Gasteiger partial charge in [-0.1, -0.05) is 0 Å². The molecule has 2 atom stereocenters. The molecule has 1 N–H and O–H groups in total. The minimum atomic E-state index is 0.0485. The Hall–Kier alpha value is -3.59. The third kappa shape index (κ3) is 4.23. The fourth-order valence-corrected chi connectivity index (χ4v) is 6.57. The number of aromatic nitrogens is 4. The Morgan fingerprint density at radius 1 is 1.08 bits per heavy atom. The molecule has 0 radical (unpaired) electrons. The summed E-state index contributed by atoms with van der Waals surface area (Å²) in [6.45, 7) is 3.50. The van der Waals surface area contributed by atoms with Crippen LogP contribution in [-0.2, 0) is 13.6 Å². The standard InChI is InChI=1S/C30H36N6O3/c1-34-27-22(13-21(15-25(27)38-2)30(37)35-12-10-19-5-4-11-31-23(19)17-35)32-29(34)24-14-20-8-9-26(39-3)33-28(20)36(24)16-18-6-7-18/h8-9,13-15,18-19,23,31H,4-7,10-12,16-17H2,1-3H3/t19-,23+/m1/s1. The topological polar surface area (TPSA) is 86.4 Å². The van der Waals surface area contributed by atoms with Crippen LogP contribution in [0, 0.1) is 11.8 Å². The Morgan fingerprint density at radius 2 is 1.95 bits per heavy atom. The summed E-state index contributed by atoms with van der Waals surface area (Å²) >= 11 is 0. The molecule has 4 aromatic rings. The normalized spacial score (nSPS) is 21.4. The number of nitrogens with zero attached hydrogens (tertiary/aromatic N) is 5. The second kappa shape index (κ2) is 9.55. The Morgan fingerprint density at radius 3 is 2.74 bits per heavy atom. The number of nitrogens with one attached hydrogen (secondary N) is 1. The number of fused-ring (bicyclic) bond motifs is 3. The molecule has 39 heavy (non-hydrogen) atoms. The molecule has 5 heterocycles. The van der Waals surface area contributed by atoms with Crippen molar-refractivity contribution in [1.82, 2.24) is 29.3 Å². The zero-order chi connectivity index (χ0) is 26.7. The van der Waals surface area contributed by atoms with Crippen LogP contribution >= 0.6 is 0 Å². The van der Waals surface area contributed by atoms with E-state index in [-0.39, 0.29) is 5.91 Å². The number of likely N-dealkylation sites (tertiary alicyclic amines) is 1.